The highest BCUT2D eigenvalue weighted by Gasteiger charge is 2.10. The molecular formula is C10H9ClN2OS. The zero-order valence-corrected chi connectivity index (χ0v) is 9.60. The van der Waals surface area contributed by atoms with E-state index in [2.05, 4.69) is 4.98 Å². The van der Waals surface area contributed by atoms with Crippen LogP contribution in [0.2, 0.25) is 5.02 Å². The molecule has 0 amide bonds. The summed E-state index contributed by atoms with van der Waals surface area (Å²) in [7, 11) is 1.59. The normalized spacial score (nSPS) is 10.3. The molecule has 0 aliphatic heterocycles. The van der Waals surface area contributed by atoms with Gasteiger partial charge in [-0.1, -0.05) is 35.1 Å². The van der Waals surface area contributed by atoms with Gasteiger partial charge in [0.05, 0.1) is 17.0 Å². The Morgan fingerprint density at radius 3 is 2.87 bits per heavy atom. The van der Waals surface area contributed by atoms with E-state index in [-0.39, 0.29) is 0 Å². The first kappa shape index (κ1) is 10.3. The maximum atomic E-state index is 6.17. The second-order valence-electron chi connectivity index (χ2n) is 2.88. The zero-order valence-electron chi connectivity index (χ0n) is 8.03. The van der Waals surface area contributed by atoms with Crippen LogP contribution in [-0.2, 0) is 0 Å². The summed E-state index contributed by atoms with van der Waals surface area (Å²) in [4.78, 5) is 4.93. The summed E-state index contributed by atoms with van der Waals surface area (Å²) in [6, 6.07) is 5.62. The fraction of sp³-hybridized carbons (Fsp3) is 0.100. The molecule has 1 aromatic heterocycles. The molecule has 0 saturated heterocycles. The number of nitrogen functional groups attached to an aromatic ring is 1. The molecule has 0 radical (unpaired) electrons. The summed E-state index contributed by atoms with van der Waals surface area (Å²) in [5, 5.41) is 1.12. The lowest BCUT2D eigenvalue weighted by Gasteiger charge is -2.05. The van der Waals surface area contributed by atoms with E-state index in [1.165, 1.54) is 11.3 Å². The number of benzene rings is 1. The minimum absolute atomic E-state index is 0.531. The van der Waals surface area contributed by atoms with Crippen molar-refractivity contribution in [3.8, 4) is 16.2 Å². The first-order valence-electron chi connectivity index (χ1n) is 4.26. The minimum Gasteiger partial charge on any atom is -0.495 e. The van der Waals surface area contributed by atoms with Gasteiger partial charge < -0.3 is 10.5 Å². The highest BCUT2D eigenvalue weighted by Crippen LogP contribution is 2.37. The standard InChI is InChI=1S/C10H9ClN2OS/c1-14-7-4-2-3-6(9(7)11)8-5-13-10(12)15-8/h2-5H,1H3,(H2,12,13). The van der Waals surface area contributed by atoms with Gasteiger partial charge in [-0.25, -0.2) is 4.98 Å². The Bertz CT molecular complexity index is 484. The summed E-state index contributed by atoms with van der Waals surface area (Å²) in [6.07, 6.45) is 1.71. The number of hydrogen-bond acceptors (Lipinski definition) is 4. The van der Waals surface area contributed by atoms with Crippen LogP contribution < -0.4 is 10.5 Å². The molecule has 2 N–H and O–H groups in total. The van der Waals surface area contributed by atoms with Gasteiger partial charge in [0, 0.05) is 11.8 Å². The average molecular weight is 241 g/mol. The van der Waals surface area contributed by atoms with Gasteiger partial charge >= 0.3 is 0 Å². The molecule has 3 nitrogen and oxygen atoms in total. The lowest BCUT2D eigenvalue weighted by molar-refractivity contribution is 0.415. The molecule has 15 heavy (non-hydrogen) atoms. The lowest BCUT2D eigenvalue weighted by atomic mass is 10.2. The first-order chi connectivity index (χ1) is 7.22. The number of aromatic nitrogens is 1. The molecule has 0 aliphatic rings. The quantitative estimate of drug-likeness (QED) is 0.878. The number of ether oxygens (including phenoxy) is 1. The fourth-order valence-corrected chi connectivity index (χ4v) is 2.35. The second kappa shape index (κ2) is 4.08. The molecule has 0 unspecified atom stereocenters. The van der Waals surface area contributed by atoms with Crippen molar-refractivity contribution < 1.29 is 4.74 Å². The molecule has 1 heterocycles. The van der Waals surface area contributed by atoms with Crippen molar-refractivity contribution in [2.45, 2.75) is 0 Å². The van der Waals surface area contributed by atoms with Crippen LogP contribution in [0.3, 0.4) is 0 Å². The Balaban J connectivity index is 2.53. The third kappa shape index (κ3) is 1.91. The van der Waals surface area contributed by atoms with Crippen molar-refractivity contribution in [1.29, 1.82) is 0 Å². The molecule has 2 aromatic rings. The monoisotopic (exact) mass is 240 g/mol. The van der Waals surface area contributed by atoms with E-state index in [4.69, 9.17) is 22.1 Å². The van der Waals surface area contributed by atoms with Crippen molar-refractivity contribution in [3.63, 3.8) is 0 Å². The van der Waals surface area contributed by atoms with Gasteiger partial charge in [0.2, 0.25) is 0 Å². The van der Waals surface area contributed by atoms with Gasteiger partial charge in [-0.2, -0.15) is 0 Å². The minimum atomic E-state index is 0.531. The van der Waals surface area contributed by atoms with Crippen LogP contribution in [0.25, 0.3) is 10.4 Å². The molecule has 5 heteroatoms. The largest absolute Gasteiger partial charge is 0.495 e. The Hall–Kier alpha value is -1.26. The number of nitrogens with zero attached hydrogens (tertiary/aromatic N) is 1. The number of thiazole rings is 1. The maximum Gasteiger partial charge on any atom is 0.180 e. The molecule has 0 atom stereocenters. The molecule has 0 aliphatic carbocycles. The molecule has 0 saturated carbocycles. The van der Waals surface area contributed by atoms with Gasteiger partial charge in [0.1, 0.15) is 5.75 Å². The third-order valence-corrected chi connectivity index (χ3v) is 3.22. The summed E-state index contributed by atoms with van der Waals surface area (Å²) < 4.78 is 5.13. The lowest BCUT2D eigenvalue weighted by Crippen LogP contribution is -1.85. The van der Waals surface area contributed by atoms with Crippen molar-refractivity contribution in [2.24, 2.45) is 0 Å². The summed E-state index contributed by atoms with van der Waals surface area (Å²) in [6.45, 7) is 0. The number of hydrogen-bond donors (Lipinski definition) is 1. The first-order valence-corrected chi connectivity index (χ1v) is 5.46. The second-order valence-corrected chi connectivity index (χ2v) is 4.32. The van der Waals surface area contributed by atoms with E-state index in [0.29, 0.717) is 15.9 Å². The van der Waals surface area contributed by atoms with Crippen LogP contribution in [0.4, 0.5) is 5.13 Å². The van der Waals surface area contributed by atoms with Crippen LogP contribution in [0.15, 0.2) is 24.4 Å². The van der Waals surface area contributed by atoms with Crippen molar-refractivity contribution >= 4 is 28.1 Å². The van der Waals surface area contributed by atoms with Gasteiger partial charge in [-0.15, -0.1) is 0 Å². The topological polar surface area (TPSA) is 48.1 Å². The zero-order chi connectivity index (χ0) is 10.8. The number of nitrogens with two attached hydrogens (primary N) is 1. The number of methoxy groups -OCH3 is 1. The van der Waals surface area contributed by atoms with Crippen LogP contribution in [0.5, 0.6) is 5.75 Å². The molecule has 0 spiro atoms. The van der Waals surface area contributed by atoms with Gasteiger partial charge in [0.15, 0.2) is 5.13 Å². The van der Waals surface area contributed by atoms with Crippen LogP contribution in [0.1, 0.15) is 0 Å². The smallest absolute Gasteiger partial charge is 0.180 e. The van der Waals surface area contributed by atoms with E-state index in [0.717, 1.165) is 10.4 Å². The van der Waals surface area contributed by atoms with Crippen molar-refractivity contribution in [2.75, 3.05) is 12.8 Å². The van der Waals surface area contributed by atoms with E-state index in [1.54, 1.807) is 13.3 Å². The van der Waals surface area contributed by atoms with Gasteiger partial charge in [0.25, 0.3) is 0 Å². The number of halogens is 1. The Morgan fingerprint density at radius 2 is 2.27 bits per heavy atom. The van der Waals surface area contributed by atoms with Gasteiger partial charge in [-0.05, 0) is 6.07 Å². The van der Waals surface area contributed by atoms with Crippen LogP contribution in [-0.4, -0.2) is 12.1 Å². The molecular weight excluding hydrogens is 232 g/mol. The van der Waals surface area contributed by atoms with Crippen molar-refractivity contribution in [1.82, 2.24) is 4.98 Å². The average Bonchev–Trinajstić information content (AvgIpc) is 2.65. The maximum absolute atomic E-state index is 6.17. The Kier molecular flexibility index (Phi) is 2.79. The highest BCUT2D eigenvalue weighted by atomic mass is 35.5. The van der Waals surface area contributed by atoms with Crippen molar-refractivity contribution in [3.05, 3.63) is 29.4 Å². The van der Waals surface area contributed by atoms with E-state index in [1.807, 2.05) is 18.2 Å². The molecule has 0 bridgehead atoms. The summed E-state index contributed by atoms with van der Waals surface area (Å²) >= 11 is 7.57. The predicted molar refractivity (Wildman–Crippen MR) is 63.5 cm³/mol. The highest BCUT2D eigenvalue weighted by molar-refractivity contribution is 7.18. The predicted octanol–water partition coefficient (Wildman–Crippen LogP) is 3.05. The molecule has 78 valence electrons. The van der Waals surface area contributed by atoms with Crippen LogP contribution >= 0.6 is 22.9 Å². The Labute approximate surface area is 96.5 Å². The molecule has 0 fully saturated rings. The van der Waals surface area contributed by atoms with Gasteiger partial charge in [-0.3, -0.25) is 0 Å². The number of anilines is 1. The van der Waals surface area contributed by atoms with E-state index < -0.39 is 0 Å². The summed E-state index contributed by atoms with van der Waals surface area (Å²) in [5.41, 5.74) is 6.46. The van der Waals surface area contributed by atoms with E-state index >= 15 is 0 Å². The Morgan fingerprint density at radius 1 is 1.47 bits per heavy atom. The summed E-state index contributed by atoms with van der Waals surface area (Å²) in [5.74, 6) is 0.654. The number of rotatable bonds is 2. The van der Waals surface area contributed by atoms with E-state index in [9.17, 15) is 0 Å². The molecule has 1 aromatic carbocycles. The SMILES string of the molecule is COc1cccc(-c2cnc(N)s2)c1Cl. The molecule has 2 rings (SSSR count). The fourth-order valence-electron chi connectivity index (χ4n) is 1.27. The van der Waals surface area contributed by atoms with Crippen LogP contribution in [0, 0.1) is 0 Å². The third-order valence-electron chi connectivity index (χ3n) is 1.97.